The standard InChI is InChI=1S/2C24H20B.C12H14N2/c2*1-5-13-21(14-6-1)25(22-15-7-2-8-16-22,23-17-9-3-10-18-23)24-19-11-4-12-20-24;1-3-7-13(8-4-1)11-12-14-9-5-2-6-10-14/h2*1-20H;1-10H,11-12H2/q2*-1;+2. The van der Waals surface area contributed by atoms with E-state index in [1.165, 1.54) is 43.7 Å². The average molecular weight is 825 g/mol. The Hall–Kier alpha value is -7.81. The Labute approximate surface area is 380 Å². The highest BCUT2D eigenvalue weighted by atomic mass is 15.0. The first kappa shape index (κ1) is 42.9. The van der Waals surface area contributed by atoms with Gasteiger partial charge in [0.2, 0.25) is 13.1 Å². The zero-order valence-electron chi connectivity index (χ0n) is 36.3. The number of nitrogens with zero attached hydrogens (tertiary/aromatic N) is 2. The van der Waals surface area contributed by atoms with E-state index in [-0.39, 0.29) is 0 Å². The zero-order valence-corrected chi connectivity index (χ0v) is 36.3. The lowest BCUT2D eigenvalue weighted by atomic mass is 9.13. The SMILES string of the molecule is c1cc[n+](CC[n+]2ccccc2)cc1.c1ccc([B-](c2ccccc2)(c2ccccc2)c2ccccc2)cc1.c1ccc([B-](c2ccccc2)(c2ccccc2)c2ccccc2)cc1. The van der Waals surface area contributed by atoms with Gasteiger partial charge in [0.15, 0.2) is 24.8 Å². The maximum absolute atomic E-state index is 2.26. The Kier molecular flexibility index (Phi) is 14.6. The minimum absolute atomic E-state index is 1.01. The van der Waals surface area contributed by atoms with E-state index in [2.05, 4.69) is 301 Å². The summed E-state index contributed by atoms with van der Waals surface area (Å²) in [4.78, 5) is 0. The van der Waals surface area contributed by atoms with E-state index in [0.29, 0.717) is 0 Å². The molecule has 0 saturated carbocycles. The summed E-state index contributed by atoms with van der Waals surface area (Å²) in [7, 11) is 0. The predicted octanol–water partition coefficient (Wildman–Crippen LogP) is 7.09. The van der Waals surface area contributed by atoms with Crippen molar-refractivity contribution < 1.29 is 9.13 Å². The molecule has 0 fully saturated rings. The topological polar surface area (TPSA) is 7.76 Å². The lowest BCUT2D eigenvalue weighted by Crippen LogP contribution is -2.74. The Bertz CT molecular complexity index is 2290. The van der Waals surface area contributed by atoms with Crippen molar-refractivity contribution in [2.24, 2.45) is 0 Å². The molecule has 0 radical (unpaired) electrons. The van der Waals surface area contributed by atoms with Gasteiger partial charge in [-0.3, -0.25) is 0 Å². The predicted molar refractivity (Wildman–Crippen MR) is 273 cm³/mol. The molecule has 0 amide bonds. The van der Waals surface area contributed by atoms with Crippen LogP contribution in [0.25, 0.3) is 0 Å². The minimum Gasteiger partial charge on any atom is -0.198 e. The molecule has 0 unspecified atom stereocenters. The van der Waals surface area contributed by atoms with Gasteiger partial charge in [0, 0.05) is 24.3 Å². The van der Waals surface area contributed by atoms with Gasteiger partial charge < -0.3 is 0 Å². The Morgan fingerprint density at radius 2 is 0.328 bits per heavy atom. The van der Waals surface area contributed by atoms with Crippen LogP contribution in [0, 0.1) is 0 Å². The lowest BCUT2D eigenvalue weighted by Gasteiger charge is -2.44. The lowest BCUT2D eigenvalue weighted by molar-refractivity contribution is -0.778. The summed E-state index contributed by atoms with van der Waals surface area (Å²) in [6.45, 7) is 2.02. The highest BCUT2D eigenvalue weighted by Gasteiger charge is 2.32. The van der Waals surface area contributed by atoms with Gasteiger partial charge >= 0.3 is 0 Å². The van der Waals surface area contributed by atoms with Gasteiger partial charge in [-0.25, -0.2) is 0 Å². The maximum Gasteiger partial charge on any atom is 0.206 e. The van der Waals surface area contributed by atoms with Crippen molar-refractivity contribution in [1.29, 1.82) is 0 Å². The second-order valence-corrected chi connectivity index (χ2v) is 16.2. The summed E-state index contributed by atoms with van der Waals surface area (Å²) in [5.41, 5.74) is 10.7. The second-order valence-electron chi connectivity index (χ2n) is 16.2. The molecule has 10 aromatic rings. The molecule has 0 aliphatic carbocycles. The Balaban J connectivity index is 0.000000137. The van der Waals surface area contributed by atoms with Crippen molar-refractivity contribution in [1.82, 2.24) is 0 Å². The summed E-state index contributed by atoms with van der Waals surface area (Å²) in [6.07, 6.45) is 5.92. The number of aryl methyl sites for hydroxylation is 2. The first-order chi connectivity index (χ1) is 31.8. The fraction of sp³-hybridized carbons (Fsp3) is 0.0333. The van der Waals surface area contributed by atoms with Crippen LogP contribution in [0.2, 0.25) is 0 Å². The molecule has 0 bridgehead atoms. The molecule has 0 aliphatic heterocycles. The van der Waals surface area contributed by atoms with Crippen molar-refractivity contribution in [3.8, 4) is 0 Å². The molecule has 0 aliphatic rings. The van der Waals surface area contributed by atoms with Crippen molar-refractivity contribution in [3.05, 3.63) is 304 Å². The van der Waals surface area contributed by atoms with Crippen molar-refractivity contribution in [3.63, 3.8) is 0 Å². The molecule has 0 spiro atoms. The number of rotatable bonds is 11. The number of benzene rings is 8. The van der Waals surface area contributed by atoms with E-state index >= 15 is 0 Å². The number of hydrogen-bond acceptors (Lipinski definition) is 0. The fourth-order valence-corrected chi connectivity index (χ4v) is 9.64. The third-order valence-corrected chi connectivity index (χ3v) is 12.6. The van der Waals surface area contributed by atoms with Crippen molar-refractivity contribution >= 4 is 56.0 Å². The van der Waals surface area contributed by atoms with Crippen LogP contribution in [0.5, 0.6) is 0 Å². The summed E-state index contributed by atoms with van der Waals surface area (Å²) in [6, 6.07) is 99.3. The molecule has 2 aromatic heterocycles. The van der Waals surface area contributed by atoms with Gasteiger partial charge in [-0.1, -0.05) is 255 Å². The van der Waals surface area contributed by atoms with Crippen LogP contribution in [0.3, 0.4) is 0 Å². The van der Waals surface area contributed by atoms with E-state index in [1.807, 2.05) is 12.1 Å². The molecule has 0 atom stereocenters. The van der Waals surface area contributed by atoms with E-state index in [4.69, 9.17) is 0 Å². The van der Waals surface area contributed by atoms with Crippen LogP contribution >= 0.6 is 0 Å². The summed E-state index contributed by atoms with van der Waals surface area (Å²) < 4.78 is 4.36. The van der Waals surface area contributed by atoms with Crippen LogP contribution in [0.4, 0.5) is 0 Å². The molecular weight excluding hydrogens is 770 g/mol. The summed E-state index contributed by atoms with van der Waals surface area (Å²) >= 11 is 0. The minimum atomic E-state index is -1.22. The molecule has 2 nitrogen and oxygen atoms in total. The van der Waals surface area contributed by atoms with E-state index in [1.54, 1.807) is 0 Å². The van der Waals surface area contributed by atoms with Gasteiger partial charge in [-0.05, 0) is 0 Å². The highest BCUT2D eigenvalue weighted by Crippen LogP contribution is 2.11. The van der Waals surface area contributed by atoms with Crippen LogP contribution in [0.15, 0.2) is 304 Å². The number of pyridine rings is 2. The highest BCUT2D eigenvalue weighted by molar-refractivity contribution is 7.20. The van der Waals surface area contributed by atoms with Gasteiger partial charge in [0.25, 0.3) is 0 Å². The fourth-order valence-electron chi connectivity index (χ4n) is 9.64. The van der Waals surface area contributed by atoms with Gasteiger partial charge in [-0.15, -0.1) is 0 Å². The average Bonchev–Trinajstić information content (AvgIpc) is 3.40. The maximum atomic E-state index is 2.26. The largest absolute Gasteiger partial charge is 0.206 e. The van der Waals surface area contributed by atoms with Gasteiger partial charge in [0.05, 0.1) is 0 Å². The van der Waals surface area contributed by atoms with Crippen LogP contribution in [-0.4, -0.2) is 12.3 Å². The van der Waals surface area contributed by atoms with E-state index < -0.39 is 12.3 Å². The third-order valence-electron chi connectivity index (χ3n) is 12.6. The molecule has 4 heteroatoms. The molecule has 10 rings (SSSR count). The zero-order chi connectivity index (χ0) is 43.5. The van der Waals surface area contributed by atoms with Gasteiger partial charge in [0.1, 0.15) is 12.3 Å². The molecule has 0 N–H and O–H groups in total. The molecule has 0 saturated heterocycles. The first-order valence-corrected chi connectivity index (χ1v) is 22.4. The summed E-state index contributed by atoms with van der Waals surface area (Å²) in [5, 5.41) is 0. The molecule has 8 aromatic carbocycles. The van der Waals surface area contributed by atoms with Crippen LogP contribution in [0.1, 0.15) is 0 Å². The van der Waals surface area contributed by atoms with Gasteiger partial charge in [-0.2, -0.15) is 52.8 Å². The Morgan fingerprint density at radius 3 is 0.484 bits per heavy atom. The quantitative estimate of drug-likeness (QED) is 0.0974. The molecule has 2 heterocycles. The summed E-state index contributed by atoms with van der Waals surface area (Å²) in [5.74, 6) is 0. The third kappa shape index (κ3) is 9.78. The smallest absolute Gasteiger partial charge is 0.198 e. The number of hydrogen-bond donors (Lipinski definition) is 0. The Morgan fingerprint density at radius 1 is 0.188 bits per heavy atom. The monoisotopic (exact) mass is 824 g/mol. The first-order valence-electron chi connectivity index (χ1n) is 22.4. The molecular formula is C60H54B2N2. The van der Waals surface area contributed by atoms with Crippen molar-refractivity contribution in [2.45, 2.75) is 13.1 Å². The normalized spacial score (nSPS) is 10.9. The molecule has 64 heavy (non-hydrogen) atoms. The molecule has 310 valence electrons. The van der Waals surface area contributed by atoms with E-state index in [0.717, 1.165) is 13.1 Å². The van der Waals surface area contributed by atoms with E-state index in [9.17, 15) is 0 Å². The van der Waals surface area contributed by atoms with Crippen LogP contribution < -0.4 is 52.8 Å². The van der Waals surface area contributed by atoms with Crippen molar-refractivity contribution in [2.75, 3.05) is 0 Å². The van der Waals surface area contributed by atoms with Crippen LogP contribution in [-0.2, 0) is 13.1 Å². The number of aromatic nitrogens is 2. The second kappa shape index (κ2) is 21.8.